The largest absolute Gasteiger partial charge is 0.359 e. The van der Waals surface area contributed by atoms with E-state index in [1.54, 1.807) is 0 Å². The van der Waals surface area contributed by atoms with Crippen LogP contribution in [0.15, 0.2) is 91.2 Å². The van der Waals surface area contributed by atoms with E-state index in [2.05, 4.69) is 83.1 Å². The number of hydrogen-bond donors (Lipinski definition) is 2. The van der Waals surface area contributed by atoms with E-state index in [0.717, 1.165) is 16.7 Å². The first-order valence-electron chi connectivity index (χ1n) is 8.81. The molecule has 3 aromatic carbocycles. The first-order valence-corrected chi connectivity index (χ1v) is 8.81. The molecule has 26 heavy (non-hydrogen) atoms. The predicted molar refractivity (Wildman–Crippen MR) is 112 cm³/mol. The third kappa shape index (κ3) is 2.35. The van der Waals surface area contributed by atoms with Gasteiger partial charge in [0.1, 0.15) is 0 Å². The number of fused-ring (bicyclic) bond motifs is 7. The van der Waals surface area contributed by atoms with Crippen LogP contribution < -0.4 is 5.32 Å². The number of para-hydroxylation sites is 1. The van der Waals surface area contributed by atoms with E-state index < -0.39 is 0 Å². The fourth-order valence-corrected chi connectivity index (χ4v) is 3.66. The number of rotatable bonds is 0. The van der Waals surface area contributed by atoms with Gasteiger partial charge < -0.3 is 10.3 Å². The maximum Gasteiger partial charge on any atom is 0.0710 e. The van der Waals surface area contributed by atoms with E-state index in [1.165, 1.54) is 27.5 Å². The highest BCUT2D eigenvalue weighted by atomic mass is 14.9. The molecule has 1 aliphatic rings. The van der Waals surface area contributed by atoms with Gasteiger partial charge in [-0.3, -0.25) is 0 Å². The van der Waals surface area contributed by atoms with Gasteiger partial charge in [-0.1, -0.05) is 78.9 Å². The van der Waals surface area contributed by atoms with Crippen molar-refractivity contribution < 1.29 is 0 Å². The number of H-pyrrole nitrogens is 1. The predicted octanol–water partition coefficient (Wildman–Crippen LogP) is 6.50. The average Bonchev–Trinajstić information content (AvgIpc) is 3.04. The second-order valence-corrected chi connectivity index (χ2v) is 6.42. The zero-order chi connectivity index (χ0) is 17.3. The normalized spacial score (nSPS) is 16.9. The summed E-state index contributed by atoms with van der Waals surface area (Å²) in [6.07, 6.45) is 12.3. The van der Waals surface area contributed by atoms with Gasteiger partial charge in [-0.05, 0) is 23.3 Å². The summed E-state index contributed by atoms with van der Waals surface area (Å²) in [5.74, 6) is 0. The van der Waals surface area contributed by atoms with Crippen LogP contribution >= 0.6 is 0 Å². The van der Waals surface area contributed by atoms with E-state index in [4.69, 9.17) is 0 Å². The molecular weight excluding hydrogens is 316 g/mol. The lowest BCUT2D eigenvalue weighted by atomic mass is 9.96. The number of anilines is 1. The standard InChI is InChI=1S/C24H18N2/c1-2-8-16-25-23-20(18-11-5-4-10-17(18)9-3-1)14-15-21-19-12-6-7-13-22(19)26-24(21)23/h1-16,25-26H/b2-1-,9-3-,16-8+. The number of hydrogen-bond acceptors (Lipinski definition) is 1. The van der Waals surface area contributed by atoms with Gasteiger partial charge in [0.25, 0.3) is 0 Å². The number of aromatic nitrogens is 1. The van der Waals surface area contributed by atoms with Crippen molar-refractivity contribution in [2.24, 2.45) is 0 Å². The molecular formula is C24H18N2. The van der Waals surface area contributed by atoms with Gasteiger partial charge in [-0.15, -0.1) is 0 Å². The molecule has 0 fully saturated rings. The summed E-state index contributed by atoms with van der Waals surface area (Å²) in [6, 6.07) is 21.4. The number of benzene rings is 3. The molecule has 0 aliphatic carbocycles. The molecule has 2 N–H and O–H groups in total. The molecule has 4 aromatic rings. The highest BCUT2D eigenvalue weighted by Crippen LogP contribution is 2.39. The Morgan fingerprint density at radius 1 is 0.615 bits per heavy atom. The van der Waals surface area contributed by atoms with Crippen molar-refractivity contribution in [1.82, 2.24) is 4.98 Å². The molecule has 124 valence electrons. The molecule has 0 unspecified atom stereocenters. The third-order valence-electron chi connectivity index (χ3n) is 4.87. The minimum Gasteiger partial charge on any atom is -0.359 e. The van der Waals surface area contributed by atoms with Crippen molar-refractivity contribution in [3.63, 3.8) is 0 Å². The van der Waals surface area contributed by atoms with Gasteiger partial charge in [0, 0.05) is 28.1 Å². The van der Waals surface area contributed by atoms with Crippen LogP contribution in [0.3, 0.4) is 0 Å². The van der Waals surface area contributed by atoms with E-state index in [1.807, 2.05) is 24.4 Å². The zero-order valence-corrected chi connectivity index (χ0v) is 14.2. The summed E-state index contributed by atoms with van der Waals surface area (Å²) < 4.78 is 0. The lowest BCUT2D eigenvalue weighted by Crippen LogP contribution is -1.94. The lowest BCUT2D eigenvalue weighted by molar-refractivity contribution is 1.51. The monoisotopic (exact) mass is 334 g/mol. The first kappa shape index (κ1) is 14.8. The number of nitrogens with one attached hydrogen (secondary N) is 2. The second-order valence-electron chi connectivity index (χ2n) is 6.42. The van der Waals surface area contributed by atoms with Crippen molar-refractivity contribution in [2.75, 3.05) is 5.32 Å². The molecule has 0 amide bonds. The van der Waals surface area contributed by atoms with Crippen LogP contribution in [0.2, 0.25) is 0 Å². The molecule has 0 atom stereocenters. The van der Waals surface area contributed by atoms with E-state index in [-0.39, 0.29) is 0 Å². The van der Waals surface area contributed by atoms with Gasteiger partial charge in [-0.25, -0.2) is 0 Å². The third-order valence-corrected chi connectivity index (χ3v) is 4.87. The molecule has 2 heteroatoms. The van der Waals surface area contributed by atoms with Crippen LogP contribution in [0.1, 0.15) is 5.56 Å². The molecule has 1 aromatic heterocycles. The molecule has 2 heterocycles. The molecule has 2 nitrogen and oxygen atoms in total. The van der Waals surface area contributed by atoms with Crippen LogP contribution in [-0.2, 0) is 0 Å². The van der Waals surface area contributed by atoms with E-state index >= 15 is 0 Å². The Kier molecular flexibility index (Phi) is 3.46. The van der Waals surface area contributed by atoms with Crippen molar-refractivity contribution in [3.05, 3.63) is 96.7 Å². The smallest absolute Gasteiger partial charge is 0.0710 e. The van der Waals surface area contributed by atoms with Crippen LogP contribution in [0.5, 0.6) is 0 Å². The van der Waals surface area contributed by atoms with Gasteiger partial charge >= 0.3 is 0 Å². The highest BCUT2D eigenvalue weighted by molar-refractivity contribution is 6.14. The zero-order valence-electron chi connectivity index (χ0n) is 14.2. The summed E-state index contributed by atoms with van der Waals surface area (Å²) in [5, 5.41) is 6.00. The maximum atomic E-state index is 3.60. The van der Waals surface area contributed by atoms with Crippen molar-refractivity contribution >= 4 is 33.6 Å². The molecule has 0 saturated heterocycles. The van der Waals surface area contributed by atoms with E-state index in [9.17, 15) is 0 Å². The average molecular weight is 334 g/mol. The Labute approximate surface area is 152 Å². The summed E-state index contributed by atoms with van der Waals surface area (Å²) in [4.78, 5) is 3.60. The fourth-order valence-electron chi connectivity index (χ4n) is 3.66. The van der Waals surface area contributed by atoms with Gasteiger partial charge in [0.15, 0.2) is 0 Å². The quantitative estimate of drug-likeness (QED) is 0.377. The second kappa shape index (κ2) is 6.08. The summed E-state index contributed by atoms with van der Waals surface area (Å²) in [6.45, 7) is 0. The Hall–Kier alpha value is -3.52. The Bertz CT molecular complexity index is 1210. The van der Waals surface area contributed by atoms with E-state index in [0.29, 0.717) is 0 Å². The lowest BCUT2D eigenvalue weighted by Gasteiger charge is -2.13. The molecule has 5 rings (SSSR count). The molecule has 1 aliphatic heterocycles. The minimum atomic E-state index is 1.10. The molecule has 0 spiro atoms. The summed E-state index contributed by atoms with van der Waals surface area (Å²) >= 11 is 0. The first-order chi connectivity index (χ1) is 12.9. The Balaban J connectivity index is 1.87. The topological polar surface area (TPSA) is 27.8 Å². The summed E-state index contributed by atoms with van der Waals surface area (Å²) in [5.41, 5.74) is 7.01. The van der Waals surface area contributed by atoms with Crippen molar-refractivity contribution in [2.45, 2.75) is 0 Å². The molecule has 0 saturated carbocycles. The number of aromatic amines is 1. The summed E-state index contributed by atoms with van der Waals surface area (Å²) in [7, 11) is 0. The van der Waals surface area contributed by atoms with Crippen LogP contribution in [0.25, 0.3) is 39.0 Å². The highest BCUT2D eigenvalue weighted by Gasteiger charge is 2.14. The molecule has 0 bridgehead atoms. The fraction of sp³-hybridized carbons (Fsp3) is 0. The van der Waals surface area contributed by atoms with Gasteiger partial charge in [-0.2, -0.15) is 0 Å². The van der Waals surface area contributed by atoms with Crippen molar-refractivity contribution in [1.29, 1.82) is 0 Å². The van der Waals surface area contributed by atoms with Gasteiger partial charge in [0.2, 0.25) is 0 Å². The molecule has 0 radical (unpaired) electrons. The SMILES string of the molecule is C1=C\C=C\Nc2c(ccc3c2[nH]c2ccccc23)-c2ccccc2\C=C/1. The Morgan fingerprint density at radius 3 is 2.46 bits per heavy atom. The van der Waals surface area contributed by atoms with Gasteiger partial charge in [0.05, 0.1) is 11.2 Å². The van der Waals surface area contributed by atoms with Crippen LogP contribution in [0.4, 0.5) is 5.69 Å². The number of allylic oxidation sites excluding steroid dienone is 4. The van der Waals surface area contributed by atoms with Crippen molar-refractivity contribution in [3.8, 4) is 11.1 Å². The maximum absolute atomic E-state index is 3.60. The Morgan fingerprint density at radius 2 is 1.46 bits per heavy atom. The van der Waals surface area contributed by atoms with Crippen LogP contribution in [0, 0.1) is 0 Å². The van der Waals surface area contributed by atoms with Crippen LogP contribution in [-0.4, -0.2) is 4.98 Å². The minimum absolute atomic E-state index is 1.10.